The van der Waals surface area contributed by atoms with Gasteiger partial charge in [0.25, 0.3) is 0 Å². The molecule has 0 radical (unpaired) electrons. The van der Waals surface area contributed by atoms with E-state index < -0.39 is 15.8 Å². The van der Waals surface area contributed by atoms with Gasteiger partial charge >= 0.3 is 0 Å². The molecule has 0 aliphatic carbocycles. The van der Waals surface area contributed by atoms with Crippen LogP contribution in [0, 0.1) is 0 Å². The van der Waals surface area contributed by atoms with Gasteiger partial charge in [0.05, 0.1) is 0 Å². The lowest BCUT2D eigenvalue weighted by Crippen LogP contribution is -2.26. The van der Waals surface area contributed by atoms with Crippen LogP contribution in [0.25, 0.3) is 11.1 Å². The maximum Gasteiger partial charge on any atom is 0.230 e. The van der Waals surface area contributed by atoms with E-state index in [1.807, 2.05) is 0 Å². The van der Waals surface area contributed by atoms with Gasteiger partial charge in [0.2, 0.25) is 6.79 Å². The number of ether oxygens (including phenoxy) is 2. The summed E-state index contributed by atoms with van der Waals surface area (Å²) in [6.07, 6.45) is 0. The van der Waals surface area contributed by atoms with Crippen LogP contribution in [0.3, 0.4) is 0 Å². The Bertz CT molecular complexity index is 1550. The first-order valence-electron chi connectivity index (χ1n) is 13.7. The van der Waals surface area contributed by atoms with Crippen molar-refractivity contribution < 1.29 is 9.47 Å². The molecule has 0 atom stereocenters. The average molecular weight is 567 g/mol. The summed E-state index contributed by atoms with van der Waals surface area (Å²) in [7, 11) is -1.73. The highest BCUT2D eigenvalue weighted by atomic mass is 31.1. The summed E-state index contributed by atoms with van der Waals surface area (Å²) in [6, 6.07) is 56.4. The second kappa shape index (κ2) is 11.7. The molecule has 4 heteroatoms. The van der Waals surface area contributed by atoms with Crippen LogP contribution in [-0.4, -0.2) is 6.79 Å². The SMILES string of the molecule is c1ccc(P(c2ccccc2)c2cccc3c2-c2c(cccc2P(c2ccccc2)c2ccccc2)OCO3)cc1. The first-order valence-corrected chi connectivity index (χ1v) is 16.4. The van der Waals surface area contributed by atoms with E-state index in [-0.39, 0.29) is 6.79 Å². The summed E-state index contributed by atoms with van der Waals surface area (Å²) in [4.78, 5) is 0. The highest BCUT2D eigenvalue weighted by molar-refractivity contribution is 7.80. The van der Waals surface area contributed by atoms with Crippen LogP contribution in [0.15, 0.2) is 158 Å². The van der Waals surface area contributed by atoms with Crippen LogP contribution in [0.2, 0.25) is 0 Å². The van der Waals surface area contributed by atoms with Crippen molar-refractivity contribution >= 4 is 47.7 Å². The highest BCUT2D eigenvalue weighted by Crippen LogP contribution is 2.47. The summed E-state index contributed by atoms with van der Waals surface area (Å²) in [6.45, 7) is 0.177. The molecule has 0 aromatic heterocycles. The predicted octanol–water partition coefficient (Wildman–Crippen LogP) is 6.60. The first-order chi connectivity index (χ1) is 20.4. The van der Waals surface area contributed by atoms with Gasteiger partial charge in [-0.25, -0.2) is 0 Å². The predicted molar refractivity (Wildman–Crippen MR) is 175 cm³/mol. The Labute approximate surface area is 243 Å². The summed E-state index contributed by atoms with van der Waals surface area (Å²) >= 11 is 0. The minimum Gasteiger partial charge on any atom is -0.457 e. The lowest BCUT2D eigenvalue weighted by molar-refractivity contribution is 0.125. The summed E-state index contributed by atoms with van der Waals surface area (Å²) < 4.78 is 12.7. The van der Waals surface area contributed by atoms with Crippen molar-refractivity contribution in [2.24, 2.45) is 0 Å². The van der Waals surface area contributed by atoms with E-state index in [4.69, 9.17) is 9.47 Å². The normalized spacial score (nSPS) is 12.1. The molecule has 41 heavy (non-hydrogen) atoms. The number of benzene rings is 6. The van der Waals surface area contributed by atoms with Crippen molar-refractivity contribution in [1.29, 1.82) is 0 Å². The fourth-order valence-electron chi connectivity index (χ4n) is 5.47. The highest BCUT2D eigenvalue weighted by Gasteiger charge is 2.31. The lowest BCUT2D eigenvalue weighted by atomic mass is 10.0. The fraction of sp³-hybridized carbons (Fsp3) is 0.0270. The Kier molecular flexibility index (Phi) is 7.35. The standard InChI is InChI=1S/C37H28O2P2/c1-5-15-28(16-6-1)40(29-17-7-2-8-18-29)34-25-13-23-32-36(34)37-33(39-27-38-32)24-14-26-35(37)41(30-19-9-3-10-20-30)31-21-11-4-12-22-31/h1-26H,27H2. The second-order valence-electron chi connectivity index (χ2n) is 9.72. The van der Waals surface area contributed by atoms with E-state index >= 15 is 0 Å². The van der Waals surface area contributed by atoms with Gasteiger partial charge in [0.1, 0.15) is 11.5 Å². The summed E-state index contributed by atoms with van der Waals surface area (Å²) in [5.74, 6) is 1.73. The Hall–Kier alpha value is -4.22. The zero-order valence-electron chi connectivity index (χ0n) is 22.4. The molecular weight excluding hydrogens is 538 g/mol. The average Bonchev–Trinajstić information content (AvgIpc) is 3.24. The number of hydrogen-bond acceptors (Lipinski definition) is 2. The molecule has 1 heterocycles. The van der Waals surface area contributed by atoms with Crippen molar-refractivity contribution in [1.82, 2.24) is 0 Å². The van der Waals surface area contributed by atoms with Crippen LogP contribution >= 0.6 is 15.8 Å². The molecule has 0 unspecified atom stereocenters. The first kappa shape index (κ1) is 25.7. The Morgan fingerprint density at radius 3 is 0.976 bits per heavy atom. The van der Waals surface area contributed by atoms with E-state index in [0.29, 0.717) is 0 Å². The van der Waals surface area contributed by atoms with Gasteiger partial charge in [-0.3, -0.25) is 0 Å². The molecule has 0 spiro atoms. The maximum absolute atomic E-state index is 6.34. The van der Waals surface area contributed by atoms with Gasteiger partial charge < -0.3 is 9.47 Å². The van der Waals surface area contributed by atoms with Crippen LogP contribution < -0.4 is 41.3 Å². The van der Waals surface area contributed by atoms with E-state index in [1.54, 1.807) is 0 Å². The van der Waals surface area contributed by atoms with E-state index in [9.17, 15) is 0 Å². The molecule has 1 aliphatic rings. The van der Waals surface area contributed by atoms with Crippen LogP contribution in [0.5, 0.6) is 11.5 Å². The fourth-order valence-corrected chi connectivity index (χ4v) is 10.4. The van der Waals surface area contributed by atoms with Crippen molar-refractivity contribution in [2.45, 2.75) is 0 Å². The van der Waals surface area contributed by atoms with Crippen molar-refractivity contribution in [3.63, 3.8) is 0 Å². The van der Waals surface area contributed by atoms with Gasteiger partial charge in [-0.2, -0.15) is 0 Å². The smallest absolute Gasteiger partial charge is 0.230 e. The third kappa shape index (κ3) is 5.07. The molecule has 6 aromatic rings. The maximum atomic E-state index is 6.34. The Balaban J connectivity index is 1.53. The molecule has 0 saturated heterocycles. The topological polar surface area (TPSA) is 18.5 Å². The molecule has 0 N–H and O–H groups in total. The number of rotatable bonds is 6. The molecule has 1 aliphatic heterocycles. The molecule has 0 fully saturated rings. The quantitative estimate of drug-likeness (QED) is 0.212. The summed E-state index contributed by atoms with van der Waals surface area (Å²) in [5.41, 5.74) is 2.27. The van der Waals surface area contributed by atoms with Gasteiger partial charge in [-0.1, -0.05) is 146 Å². The third-order valence-electron chi connectivity index (χ3n) is 7.23. The molecular formula is C37H28O2P2. The lowest BCUT2D eigenvalue weighted by Gasteiger charge is -2.27. The minimum absolute atomic E-state index is 0.177. The van der Waals surface area contributed by atoms with Gasteiger partial charge in [0, 0.05) is 11.1 Å². The molecule has 2 nitrogen and oxygen atoms in total. The Morgan fingerprint density at radius 2 is 0.659 bits per heavy atom. The van der Waals surface area contributed by atoms with Crippen LogP contribution in [0.1, 0.15) is 0 Å². The van der Waals surface area contributed by atoms with Gasteiger partial charge in [-0.15, -0.1) is 0 Å². The van der Waals surface area contributed by atoms with Crippen molar-refractivity contribution in [2.75, 3.05) is 6.79 Å². The largest absolute Gasteiger partial charge is 0.457 e. The van der Waals surface area contributed by atoms with Crippen molar-refractivity contribution in [3.05, 3.63) is 158 Å². The van der Waals surface area contributed by atoms with E-state index in [0.717, 1.165) is 22.6 Å². The van der Waals surface area contributed by atoms with Gasteiger partial charge in [-0.05, 0) is 59.8 Å². The molecule has 198 valence electrons. The van der Waals surface area contributed by atoms with Crippen molar-refractivity contribution in [3.8, 4) is 22.6 Å². The zero-order valence-corrected chi connectivity index (χ0v) is 24.2. The third-order valence-corrected chi connectivity index (χ3v) is 12.2. The molecule has 6 aromatic carbocycles. The van der Waals surface area contributed by atoms with Crippen LogP contribution in [-0.2, 0) is 0 Å². The number of hydrogen-bond donors (Lipinski definition) is 0. The molecule has 0 bridgehead atoms. The molecule has 7 rings (SSSR count). The van der Waals surface area contributed by atoms with E-state index in [1.165, 1.54) is 31.8 Å². The minimum atomic E-state index is -0.865. The van der Waals surface area contributed by atoms with Gasteiger partial charge in [0.15, 0.2) is 0 Å². The number of fused-ring (bicyclic) bond motifs is 3. The second-order valence-corrected chi connectivity index (χ2v) is 14.1. The summed E-state index contributed by atoms with van der Waals surface area (Å²) in [5, 5.41) is 7.76. The molecule has 0 amide bonds. The monoisotopic (exact) mass is 566 g/mol. The van der Waals surface area contributed by atoms with E-state index in [2.05, 4.69) is 158 Å². The molecule has 0 saturated carbocycles. The zero-order chi connectivity index (χ0) is 27.4. The Morgan fingerprint density at radius 1 is 0.341 bits per heavy atom. The van der Waals surface area contributed by atoms with Crippen LogP contribution in [0.4, 0.5) is 0 Å².